The normalized spacial score (nSPS) is 13.2. The van der Waals surface area contributed by atoms with Gasteiger partial charge in [-0.25, -0.2) is 0 Å². The van der Waals surface area contributed by atoms with Crippen molar-refractivity contribution in [3.05, 3.63) is 194 Å². The molecular formula is C48H32B2N2. The van der Waals surface area contributed by atoms with Crippen molar-refractivity contribution in [2.24, 2.45) is 0 Å². The lowest BCUT2D eigenvalue weighted by Gasteiger charge is -2.46. The minimum absolute atomic E-state index is 0.0972. The zero-order chi connectivity index (χ0) is 34.2. The van der Waals surface area contributed by atoms with Crippen LogP contribution in [0.5, 0.6) is 0 Å². The van der Waals surface area contributed by atoms with E-state index in [4.69, 9.17) is 0 Å². The molecule has 0 saturated carbocycles. The molecule has 3 heterocycles. The first-order valence-corrected chi connectivity index (χ1v) is 18.2. The van der Waals surface area contributed by atoms with E-state index in [9.17, 15) is 0 Å². The van der Waals surface area contributed by atoms with E-state index in [0.29, 0.717) is 0 Å². The van der Waals surface area contributed by atoms with Crippen LogP contribution in [0.2, 0.25) is 0 Å². The van der Waals surface area contributed by atoms with E-state index in [1.807, 2.05) is 0 Å². The molecule has 11 rings (SSSR count). The highest BCUT2D eigenvalue weighted by molar-refractivity contribution is 7.13. The summed E-state index contributed by atoms with van der Waals surface area (Å²) in [6, 6.07) is 71.6. The molecule has 0 amide bonds. The topological polar surface area (TPSA) is 6.48 Å². The number of benzene rings is 8. The molecule has 52 heavy (non-hydrogen) atoms. The minimum Gasteiger partial charge on any atom is -0.312 e. The van der Waals surface area contributed by atoms with Crippen LogP contribution in [0, 0.1) is 0 Å². The molecule has 8 aromatic carbocycles. The van der Waals surface area contributed by atoms with Crippen LogP contribution >= 0.6 is 0 Å². The molecular weight excluding hydrogens is 626 g/mol. The molecule has 4 heteroatoms. The fourth-order valence-corrected chi connectivity index (χ4v) is 9.17. The van der Waals surface area contributed by atoms with Crippen molar-refractivity contribution >= 4 is 80.3 Å². The Morgan fingerprint density at radius 2 is 0.654 bits per heavy atom. The number of hydrogen-bond donors (Lipinski definition) is 0. The highest BCUT2D eigenvalue weighted by Crippen LogP contribution is 2.41. The van der Waals surface area contributed by atoms with E-state index >= 15 is 0 Å². The maximum atomic E-state index is 2.50. The van der Waals surface area contributed by atoms with Gasteiger partial charge >= 0.3 is 0 Å². The van der Waals surface area contributed by atoms with Crippen LogP contribution in [0.15, 0.2) is 194 Å². The number of anilines is 6. The van der Waals surface area contributed by atoms with E-state index in [1.165, 1.54) is 89.2 Å². The van der Waals surface area contributed by atoms with Gasteiger partial charge < -0.3 is 9.80 Å². The third-order valence-electron chi connectivity index (χ3n) is 11.3. The van der Waals surface area contributed by atoms with Gasteiger partial charge in [0.25, 0.3) is 0 Å². The van der Waals surface area contributed by atoms with E-state index in [-0.39, 0.29) is 13.4 Å². The summed E-state index contributed by atoms with van der Waals surface area (Å²) in [6.07, 6.45) is 0. The summed E-state index contributed by atoms with van der Waals surface area (Å²) in [4.78, 5) is 5.01. The molecule has 0 bridgehead atoms. The second kappa shape index (κ2) is 11.5. The molecule has 0 aromatic heterocycles. The Kier molecular flexibility index (Phi) is 6.47. The van der Waals surface area contributed by atoms with Gasteiger partial charge in [0.2, 0.25) is 13.4 Å². The Morgan fingerprint density at radius 1 is 0.269 bits per heavy atom. The van der Waals surface area contributed by atoms with Gasteiger partial charge in [0.15, 0.2) is 0 Å². The van der Waals surface area contributed by atoms with Crippen molar-refractivity contribution in [1.82, 2.24) is 0 Å². The highest BCUT2D eigenvalue weighted by atomic mass is 15.2. The predicted octanol–water partition coefficient (Wildman–Crippen LogP) is 7.93. The quantitative estimate of drug-likeness (QED) is 0.177. The molecule has 8 aromatic rings. The van der Waals surface area contributed by atoms with Crippen molar-refractivity contribution in [3.8, 4) is 22.3 Å². The zero-order valence-corrected chi connectivity index (χ0v) is 28.5. The summed E-state index contributed by atoms with van der Waals surface area (Å²) in [6.45, 7) is 0.194. The lowest BCUT2D eigenvalue weighted by molar-refractivity contribution is 1.29. The Labute approximate surface area is 305 Å². The standard InChI is InChI=1S/C48H32B2N2/c1-5-15-33(16-6-1)35-27-29-39-45(31-35)51(37-19-9-3-10-20-37)43-25-13-24-42-47(43)49(39)41-23-14-26-44-48(41)50(42)40-30-28-36(34-17-7-2-8-18-34)32-46(40)52(44)38-21-11-4-12-22-38/h1-32H. The van der Waals surface area contributed by atoms with Gasteiger partial charge in [-0.15, -0.1) is 0 Å². The highest BCUT2D eigenvalue weighted by Gasteiger charge is 2.48. The predicted molar refractivity (Wildman–Crippen MR) is 222 cm³/mol. The maximum Gasteiger partial charge on any atom is 0.245 e. The lowest BCUT2D eigenvalue weighted by atomic mass is 9.19. The van der Waals surface area contributed by atoms with E-state index in [2.05, 4.69) is 204 Å². The van der Waals surface area contributed by atoms with Crippen LogP contribution in [0.4, 0.5) is 34.1 Å². The molecule has 0 fully saturated rings. The van der Waals surface area contributed by atoms with Gasteiger partial charge in [0.1, 0.15) is 0 Å². The summed E-state index contributed by atoms with van der Waals surface area (Å²) in [7, 11) is 0. The molecule has 3 aliphatic heterocycles. The second-order valence-corrected chi connectivity index (χ2v) is 14.0. The Bertz CT molecular complexity index is 2460. The van der Waals surface area contributed by atoms with Gasteiger partial charge in [-0.1, -0.05) is 157 Å². The zero-order valence-electron chi connectivity index (χ0n) is 28.5. The van der Waals surface area contributed by atoms with Crippen molar-refractivity contribution in [2.45, 2.75) is 0 Å². The van der Waals surface area contributed by atoms with Crippen LogP contribution in [0.1, 0.15) is 0 Å². The monoisotopic (exact) mass is 658 g/mol. The molecule has 0 radical (unpaired) electrons. The smallest absolute Gasteiger partial charge is 0.245 e. The third-order valence-corrected chi connectivity index (χ3v) is 11.3. The van der Waals surface area contributed by atoms with Crippen LogP contribution in [0.25, 0.3) is 22.3 Å². The first kappa shape index (κ1) is 29.2. The van der Waals surface area contributed by atoms with Crippen LogP contribution in [0.3, 0.4) is 0 Å². The molecule has 240 valence electrons. The summed E-state index contributed by atoms with van der Waals surface area (Å²) >= 11 is 0. The van der Waals surface area contributed by atoms with Gasteiger partial charge in [0.05, 0.1) is 0 Å². The average molecular weight is 658 g/mol. The second-order valence-electron chi connectivity index (χ2n) is 14.0. The summed E-state index contributed by atoms with van der Waals surface area (Å²) < 4.78 is 0. The number of para-hydroxylation sites is 2. The van der Waals surface area contributed by atoms with Gasteiger partial charge in [-0.05, 0) is 92.6 Å². The molecule has 0 aliphatic carbocycles. The maximum absolute atomic E-state index is 2.50. The van der Waals surface area contributed by atoms with Crippen LogP contribution < -0.4 is 42.6 Å². The summed E-state index contributed by atoms with van der Waals surface area (Å²) in [5.41, 5.74) is 20.5. The first-order chi connectivity index (χ1) is 25.8. The molecule has 0 unspecified atom stereocenters. The van der Waals surface area contributed by atoms with E-state index in [0.717, 1.165) is 0 Å². The molecule has 0 spiro atoms. The fourth-order valence-electron chi connectivity index (χ4n) is 9.17. The van der Waals surface area contributed by atoms with Crippen molar-refractivity contribution < 1.29 is 0 Å². The molecule has 0 saturated heterocycles. The molecule has 2 nitrogen and oxygen atoms in total. The molecule has 0 N–H and O–H groups in total. The third kappa shape index (κ3) is 4.28. The largest absolute Gasteiger partial charge is 0.312 e. The minimum atomic E-state index is 0.0972. The fraction of sp³-hybridized carbons (Fsp3) is 0. The number of rotatable bonds is 4. The lowest BCUT2D eigenvalue weighted by Crippen LogP contribution is -2.78. The number of fused-ring (bicyclic) bond motifs is 6. The summed E-state index contributed by atoms with van der Waals surface area (Å²) in [5.74, 6) is 0. The van der Waals surface area contributed by atoms with Gasteiger partial charge in [-0.3, -0.25) is 0 Å². The SMILES string of the molecule is c1ccc(-c2ccc3c(c2)N(c2ccccc2)c2cccc4c2B3c2cccc3c2B4c2ccc(-c4ccccc4)cc2N3c2ccccc2)cc1. The Balaban J connectivity index is 1.20. The van der Waals surface area contributed by atoms with E-state index in [1.54, 1.807) is 0 Å². The van der Waals surface area contributed by atoms with Crippen molar-refractivity contribution in [2.75, 3.05) is 9.80 Å². The number of nitrogens with zero attached hydrogens (tertiary/aromatic N) is 2. The molecule has 3 aliphatic rings. The van der Waals surface area contributed by atoms with Crippen LogP contribution in [-0.2, 0) is 0 Å². The number of hydrogen-bond acceptors (Lipinski definition) is 2. The average Bonchev–Trinajstić information content (AvgIpc) is 3.22. The Hall–Kier alpha value is -6.51. The Morgan fingerprint density at radius 3 is 1.06 bits per heavy atom. The van der Waals surface area contributed by atoms with Gasteiger partial charge in [0, 0.05) is 34.1 Å². The summed E-state index contributed by atoms with van der Waals surface area (Å²) in [5, 5.41) is 0. The van der Waals surface area contributed by atoms with Crippen molar-refractivity contribution in [1.29, 1.82) is 0 Å². The van der Waals surface area contributed by atoms with E-state index < -0.39 is 0 Å². The first-order valence-electron chi connectivity index (χ1n) is 18.2. The van der Waals surface area contributed by atoms with Crippen molar-refractivity contribution in [3.63, 3.8) is 0 Å². The van der Waals surface area contributed by atoms with Gasteiger partial charge in [-0.2, -0.15) is 0 Å². The van der Waals surface area contributed by atoms with Crippen LogP contribution in [-0.4, -0.2) is 13.4 Å². The molecule has 0 atom stereocenters.